The number of aliphatic hydroxyl groups is 2. The standard InChI is InChI=1S/C14H20BN2O3/c1-15-17-5-4-13(11(6-17)8-19)14-10(7-18)2-3-12(9-20)16-14/h2-3,9,11,13,18-19H,4-8H2,1H3. The van der Waals surface area contributed by atoms with E-state index in [1.165, 1.54) is 0 Å². The van der Waals surface area contributed by atoms with Gasteiger partial charge in [-0.3, -0.25) is 4.79 Å². The van der Waals surface area contributed by atoms with Gasteiger partial charge < -0.3 is 15.0 Å². The van der Waals surface area contributed by atoms with E-state index in [1.807, 2.05) is 14.2 Å². The van der Waals surface area contributed by atoms with E-state index in [9.17, 15) is 15.0 Å². The molecule has 2 unspecified atom stereocenters. The third kappa shape index (κ3) is 3.08. The quantitative estimate of drug-likeness (QED) is 0.603. The lowest BCUT2D eigenvalue weighted by atomic mass is 9.78. The van der Waals surface area contributed by atoms with Crippen LogP contribution in [0, 0.1) is 5.92 Å². The Hall–Kier alpha value is -1.24. The zero-order chi connectivity index (χ0) is 14.5. The van der Waals surface area contributed by atoms with E-state index < -0.39 is 0 Å². The van der Waals surface area contributed by atoms with Gasteiger partial charge in [0.15, 0.2) is 6.29 Å². The molecule has 2 rings (SSSR count). The van der Waals surface area contributed by atoms with Crippen molar-refractivity contribution in [2.75, 3.05) is 19.7 Å². The monoisotopic (exact) mass is 275 g/mol. The van der Waals surface area contributed by atoms with Crippen LogP contribution in [-0.2, 0) is 6.61 Å². The summed E-state index contributed by atoms with van der Waals surface area (Å²) in [6.07, 6.45) is 1.57. The molecule has 0 amide bonds. The van der Waals surface area contributed by atoms with Crippen molar-refractivity contribution in [2.45, 2.75) is 25.8 Å². The molecule has 2 N–H and O–H groups in total. The maximum absolute atomic E-state index is 10.9. The van der Waals surface area contributed by atoms with Crippen molar-refractivity contribution in [3.05, 3.63) is 29.1 Å². The van der Waals surface area contributed by atoms with Crippen molar-refractivity contribution in [2.24, 2.45) is 5.92 Å². The van der Waals surface area contributed by atoms with E-state index in [2.05, 4.69) is 9.79 Å². The summed E-state index contributed by atoms with van der Waals surface area (Å²) in [5.41, 5.74) is 1.87. The molecule has 1 aromatic heterocycles. The predicted octanol–water partition coefficient (Wildman–Crippen LogP) is 0.451. The number of aromatic nitrogens is 1. The topological polar surface area (TPSA) is 73.7 Å². The molecular formula is C14H20BN2O3. The largest absolute Gasteiger partial charge is 0.396 e. The number of rotatable bonds is 5. The van der Waals surface area contributed by atoms with Crippen molar-refractivity contribution in [3.63, 3.8) is 0 Å². The van der Waals surface area contributed by atoms with E-state index in [1.54, 1.807) is 12.1 Å². The van der Waals surface area contributed by atoms with Gasteiger partial charge >= 0.3 is 0 Å². The van der Waals surface area contributed by atoms with Crippen molar-refractivity contribution in [1.82, 2.24) is 9.79 Å². The van der Waals surface area contributed by atoms with E-state index >= 15 is 0 Å². The highest BCUT2D eigenvalue weighted by Crippen LogP contribution is 2.33. The molecule has 1 fully saturated rings. The number of piperidine rings is 1. The molecule has 0 saturated carbocycles. The fourth-order valence-electron chi connectivity index (χ4n) is 2.88. The minimum atomic E-state index is -0.0975. The zero-order valence-corrected chi connectivity index (χ0v) is 11.7. The van der Waals surface area contributed by atoms with Gasteiger partial charge in [-0.05, 0) is 31.1 Å². The number of pyridine rings is 1. The van der Waals surface area contributed by atoms with Crippen LogP contribution in [0.25, 0.3) is 0 Å². The van der Waals surface area contributed by atoms with Gasteiger partial charge in [0, 0.05) is 18.4 Å². The summed E-state index contributed by atoms with van der Waals surface area (Å²) in [7, 11) is 2.03. The van der Waals surface area contributed by atoms with Crippen molar-refractivity contribution >= 4 is 13.7 Å². The fourth-order valence-corrected chi connectivity index (χ4v) is 2.88. The smallest absolute Gasteiger partial charge is 0.205 e. The molecule has 0 spiro atoms. The van der Waals surface area contributed by atoms with Gasteiger partial charge in [-0.2, -0.15) is 0 Å². The molecule has 2 heterocycles. The average Bonchev–Trinajstić information content (AvgIpc) is 2.53. The van der Waals surface area contributed by atoms with E-state index in [0.29, 0.717) is 12.0 Å². The molecule has 0 aliphatic carbocycles. The molecule has 1 saturated heterocycles. The molecule has 20 heavy (non-hydrogen) atoms. The first kappa shape index (κ1) is 15.2. The molecule has 1 aliphatic rings. The summed E-state index contributed by atoms with van der Waals surface area (Å²) < 4.78 is 0. The van der Waals surface area contributed by atoms with Crippen LogP contribution in [0.2, 0.25) is 6.82 Å². The number of carbonyl (C=O) groups is 1. The molecule has 1 aliphatic heterocycles. The Kier molecular flexibility index (Phi) is 5.28. The first-order valence-corrected chi connectivity index (χ1v) is 6.93. The molecule has 107 valence electrons. The maximum atomic E-state index is 10.9. The van der Waals surface area contributed by atoms with Crippen LogP contribution < -0.4 is 0 Å². The van der Waals surface area contributed by atoms with Crippen molar-refractivity contribution in [1.29, 1.82) is 0 Å². The Balaban J connectivity index is 2.31. The number of hydrogen-bond donors (Lipinski definition) is 2. The Bertz CT molecular complexity index is 470. The van der Waals surface area contributed by atoms with Gasteiger partial charge in [0.25, 0.3) is 0 Å². The highest BCUT2D eigenvalue weighted by Gasteiger charge is 2.31. The third-order valence-electron chi connectivity index (χ3n) is 4.04. The molecule has 0 bridgehead atoms. The lowest BCUT2D eigenvalue weighted by molar-refractivity contribution is 0.111. The molecule has 2 atom stereocenters. The summed E-state index contributed by atoms with van der Waals surface area (Å²) in [6.45, 7) is 3.64. The predicted molar refractivity (Wildman–Crippen MR) is 76.7 cm³/mol. The SMILES string of the molecule is C[B]N1CCC(c2nc(C=O)ccc2CO)C(CO)C1. The molecule has 5 nitrogen and oxygen atoms in total. The second-order valence-corrected chi connectivity index (χ2v) is 5.15. The molecule has 6 heteroatoms. The summed E-state index contributed by atoms with van der Waals surface area (Å²) >= 11 is 0. The van der Waals surface area contributed by atoms with Gasteiger partial charge in [-0.1, -0.05) is 12.9 Å². The van der Waals surface area contributed by atoms with Crippen LogP contribution in [0.5, 0.6) is 0 Å². The summed E-state index contributed by atoms with van der Waals surface area (Å²) in [4.78, 5) is 17.4. The number of carbonyl (C=O) groups excluding carboxylic acids is 1. The summed E-state index contributed by atoms with van der Waals surface area (Å²) in [5.74, 6) is 0.151. The van der Waals surface area contributed by atoms with Gasteiger partial charge in [0.05, 0.1) is 12.3 Å². The highest BCUT2D eigenvalue weighted by atomic mass is 16.3. The van der Waals surface area contributed by atoms with Crippen LogP contribution in [0.15, 0.2) is 12.1 Å². The minimum absolute atomic E-state index is 0.0691. The molecule has 1 radical (unpaired) electrons. The summed E-state index contributed by atoms with van der Waals surface area (Å²) in [5, 5.41) is 19.1. The number of hydrogen-bond acceptors (Lipinski definition) is 5. The van der Waals surface area contributed by atoms with Crippen molar-refractivity contribution in [3.8, 4) is 0 Å². The lowest BCUT2D eigenvalue weighted by Gasteiger charge is -2.37. The Labute approximate surface area is 119 Å². The number of aliphatic hydroxyl groups excluding tert-OH is 2. The fraction of sp³-hybridized carbons (Fsp3) is 0.571. The first-order chi connectivity index (χ1) is 9.73. The maximum Gasteiger partial charge on any atom is 0.205 e. The Morgan fingerprint density at radius 2 is 2.30 bits per heavy atom. The van der Waals surface area contributed by atoms with Crippen LogP contribution in [-0.4, -0.2) is 53.4 Å². The van der Waals surface area contributed by atoms with E-state index in [0.717, 1.165) is 30.8 Å². The molecular weight excluding hydrogens is 255 g/mol. The van der Waals surface area contributed by atoms with Gasteiger partial charge in [0.1, 0.15) is 5.69 Å². The van der Waals surface area contributed by atoms with Crippen LogP contribution in [0.3, 0.4) is 0 Å². The second-order valence-electron chi connectivity index (χ2n) is 5.15. The summed E-state index contributed by atoms with van der Waals surface area (Å²) in [6, 6.07) is 3.36. The normalized spacial score (nSPS) is 23.6. The van der Waals surface area contributed by atoms with E-state index in [4.69, 9.17) is 0 Å². The van der Waals surface area contributed by atoms with Crippen LogP contribution >= 0.6 is 0 Å². The Morgan fingerprint density at radius 1 is 1.50 bits per heavy atom. The molecule has 1 aromatic rings. The van der Waals surface area contributed by atoms with Gasteiger partial charge in [-0.15, -0.1) is 0 Å². The van der Waals surface area contributed by atoms with Crippen molar-refractivity contribution < 1.29 is 15.0 Å². The molecule has 0 aromatic carbocycles. The zero-order valence-electron chi connectivity index (χ0n) is 11.7. The first-order valence-electron chi connectivity index (χ1n) is 6.93. The van der Waals surface area contributed by atoms with Crippen LogP contribution in [0.1, 0.15) is 34.1 Å². The minimum Gasteiger partial charge on any atom is -0.396 e. The second kappa shape index (κ2) is 6.97. The van der Waals surface area contributed by atoms with Gasteiger partial charge in [-0.25, -0.2) is 4.98 Å². The van der Waals surface area contributed by atoms with Crippen LogP contribution in [0.4, 0.5) is 0 Å². The third-order valence-corrected chi connectivity index (χ3v) is 4.04. The lowest BCUT2D eigenvalue weighted by Crippen LogP contribution is -2.42. The van der Waals surface area contributed by atoms with E-state index in [-0.39, 0.29) is 25.0 Å². The number of nitrogens with zero attached hydrogens (tertiary/aromatic N) is 2. The number of aldehydes is 1. The highest BCUT2D eigenvalue weighted by molar-refractivity contribution is 6.29. The Morgan fingerprint density at radius 3 is 2.90 bits per heavy atom. The average molecular weight is 275 g/mol. The van der Waals surface area contributed by atoms with Gasteiger partial charge in [0.2, 0.25) is 7.41 Å².